The summed E-state index contributed by atoms with van der Waals surface area (Å²) >= 11 is 2.14. The Balaban J connectivity index is 1.69. The molecule has 0 bridgehead atoms. The number of alkyl halides is 1. The molecule has 33 heavy (non-hydrogen) atoms. The van der Waals surface area contributed by atoms with Gasteiger partial charge in [-0.25, -0.2) is 0 Å². The SMILES string of the molecule is O=C1/C=C/[C@H](Cc2ccccc2)NC(=O)[C@@H](NC(=O)[C@@H](I)Cc2ccccc2)CCCCN1. The van der Waals surface area contributed by atoms with Crippen LogP contribution in [0.25, 0.3) is 0 Å². The molecule has 0 saturated carbocycles. The van der Waals surface area contributed by atoms with Crippen LogP contribution in [0.1, 0.15) is 30.4 Å². The zero-order valence-electron chi connectivity index (χ0n) is 18.5. The van der Waals surface area contributed by atoms with Crippen LogP contribution in [0.5, 0.6) is 0 Å². The molecular weight excluding hydrogens is 529 g/mol. The quantitative estimate of drug-likeness (QED) is 0.376. The van der Waals surface area contributed by atoms with E-state index in [0.29, 0.717) is 25.8 Å². The van der Waals surface area contributed by atoms with Gasteiger partial charge in [0.05, 0.1) is 9.97 Å². The molecule has 0 unspecified atom stereocenters. The van der Waals surface area contributed by atoms with Gasteiger partial charge in [0.2, 0.25) is 17.7 Å². The molecule has 0 aromatic heterocycles. The molecule has 3 amide bonds. The fourth-order valence-electron chi connectivity index (χ4n) is 3.71. The first-order valence-electron chi connectivity index (χ1n) is 11.3. The van der Waals surface area contributed by atoms with Crippen LogP contribution in [0.15, 0.2) is 72.8 Å². The van der Waals surface area contributed by atoms with E-state index in [2.05, 4.69) is 38.5 Å². The summed E-state index contributed by atoms with van der Waals surface area (Å²) in [7, 11) is 0. The number of carbonyl (C=O) groups is 3. The molecule has 2 aromatic rings. The first-order valence-corrected chi connectivity index (χ1v) is 12.5. The molecule has 3 N–H and O–H groups in total. The summed E-state index contributed by atoms with van der Waals surface area (Å²) in [6, 6.07) is 18.7. The van der Waals surface area contributed by atoms with Gasteiger partial charge in [-0.15, -0.1) is 0 Å². The van der Waals surface area contributed by atoms with Crippen LogP contribution < -0.4 is 16.0 Å². The van der Waals surface area contributed by atoms with Crippen LogP contribution in [0.4, 0.5) is 0 Å². The Labute approximate surface area is 208 Å². The molecule has 3 atom stereocenters. The van der Waals surface area contributed by atoms with Crippen molar-refractivity contribution in [1.29, 1.82) is 0 Å². The molecule has 0 radical (unpaired) electrons. The number of amides is 3. The third-order valence-electron chi connectivity index (χ3n) is 5.50. The Bertz CT molecular complexity index is 950. The average molecular weight is 559 g/mol. The van der Waals surface area contributed by atoms with E-state index in [1.54, 1.807) is 6.08 Å². The second kappa shape index (κ2) is 13.1. The Morgan fingerprint density at radius 1 is 1.00 bits per heavy atom. The van der Waals surface area contributed by atoms with Gasteiger partial charge in [-0.3, -0.25) is 14.4 Å². The monoisotopic (exact) mass is 559 g/mol. The smallest absolute Gasteiger partial charge is 0.243 e. The van der Waals surface area contributed by atoms with Crippen LogP contribution in [0, 0.1) is 0 Å². The number of hydrogen-bond acceptors (Lipinski definition) is 3. The van der Waals surface area contributed by atoms with Crippen LogP contribution in [-0.2, 0) is 27.2 Å². The molecule has 1 aliphatic heterocycles. The van der Waals surface area contributed by atoms with Gasteiger partial charge in [0.15, 0.2) is 0 Å². The summed E-state index contributed by atoms with van der Waals surface area (Å²) in [5.74, 6) is -0.533. The second-order valence-corrected chi connectivity index (χ2v) is 9.67. The maximum Gasteiger partial charge on any atom is 0.243 e. The van der Waals surface area contributed by atoms with E-state index in [9.17, 15) is 14.4 Å². The zero-order valence-corrected chi connectivity index (χ0v) is 20.7. The van der Waals surface area contributed by atoms with Gasteiger partial charge in [0.1, 0.15) is 6.04 Å². The third kappa shape index (κ3) is 8.64. The molecule has 2 aromatic carbocycles. The highest BCUT2D eigenvalue weighted by atomic mass is 127. The molecule has 6 nitrogen and oxygen atoms in total. The Morgan fingerprint density at radius 2 is 1.67 bits per heavy atom. The lowest BCUT2D eigenvalue weighted by Crippen LogP contribution is -2.51. The van der Waals surface area contributed by atoms with Crippen molar-refractivity contribution in [2.24, 2.45) is 0 Å². The zero-order chi connectivity index (χ0) is 23.5. The van der Waals surface area contributed by atoms with Crippen molar-refractivity contribution < 1.29 is 14.4 Å². The summed E-state index contributed by atoms with van der Waals surface area (Å²) in [4.78, 5) is 38.1. The van der Waals surface area contributed by atoms with E-state index in [1.165, 1.54) is 6.08 Å². The van der Waals surface area contributed by atoms with Crippen molar-refractivity contribution >= 4 is 40.3 Å². The lowest BCUT2D eigenvalue weighted by Gasteiger charge is -2.24. The van der Waals surface area contributed by atoms with E-state index in [1.807, 2.05) is 60.7 Å². The molecule has 7 heteroatoms. The largest absolute Gasteiger partial charge is 0.353 e. The van der Waals surface area contributed by atoms with Gasteiger partial charge in [-0.2, -0.15) is 0 Å². The highest BCUT2D eigenvalue weighted by molar-refractivity contribution is 14.1. The molecule has 3 rings (SSSR count). The first-order chi connectivity index (χ1) is 16.0. The number of nitrogens with one attached hydrogen (secondary N) is 3. The highest BCUT2D eigenvalue weighted by Gasteiger charge is 2.25. The van der Waals surface area contributed by atoms with Crippen molar-refractivity contribution in [3.8, 4) is 0 Å². The minimum Gasteiger partial charge on any atom is -0.353 e. The predicted octanol–water partition coefficient (Wildman–Crippen LogP) is 3.10. The predicted molar refractivity (Wildman–Crippen MR) is 138 cm³/mol. The molecule has 0 aliphatic carbocycles. The van der Waals surface area contributed by atoms with Gasteiger partial charge >= 0.3 is 0 Å². The maximum absolute atomic E-state index is 13.2. The standard InChI is InChI=1S/C26H30IN3O3/c27-22(18-20-11-5-2-6-12-20)25(32)30-23-13-7-8-16-28-24(31)15-14-21(29-26(23)33)17-19-9-3-1-4-10-19/h1-6,9-12,14-15,21-23H,7-8,13,16-18H2,(H,28,31)(H,29,33)(H,30,32)/b15-14+/t21-,22+,23+/m1/s1. The Kier molecular flexibility index (Phi) is 9.93. The fraction of sp³-hybridized carbons (Fsp3) is 0.346. The minimum atomic E-state index is -0.618. The lowest BCUT2D eigenvalue weighted by atomic mass is 10.0. The van der Waals surface area contributed by atoms with E-state index in [0.717, 1.165) is 24.0 Å². The topological polar surface area (TPSA) is 87.3 Å². The van der Waals surface area contributed by atoms with Gasteiger partial charge < -0.3 is 16.0 Å². The molecule has 1 heterocycles. The van der Waals surface area contributed by atoms with Gasteiger partial charge in [0.25, 0.3) is 0 Å². The number of carbonyl (C=O) groups excluding carboxylic acids is 3. The molecule has 174 valence electrons. The second-order valence-electron chi connectivity index (χ2n) is 8.17. The maximum atomic E-state index is 13.2. The molecule has 0 spiro atoms. The first kappa shape index (κ1) is 25.0. The Morgan fingerprint density at radius 3 is 2.36 bits per heavy atom. The van der Waals surface area contributed by atoms with Crippen LogP contribution in [-0.4, -0.2) is 40.3 Å². The molecule has 0 fully saturated rings. The van der Waals surface area contributed by atoms with Gasteiger partial charge in [-0.1, -0.05) is 89.3 Å². The number of benzene rings is 2. The van der Waals surface area contributed by atoms with Gasteiger partial charge in [-0.05, 0) is 43.2 Å². The van der Waals surface area contributed by atoms with E-state index in [-0.39, 0.29) is 27.7 Å². The molecule has 1 aliphatic rings. The fourth-order valence-corrected chi connectivity index (χ4v) is 4.40. The lowest BCUT2D eigenvalue weighted by molar-refractivity contribution is -0.129. The summed E-state index contributed by atoms with van der Waals surface area (Å²) < 4.78 is -0.279. The summed E-state index contributed by atoms with van der Waals surface area (Å²) in [6.07, 6.45) is 6.33. The van der Waals surface area contributed by atoms with Crippen LogP contribution in [0.2, 0.25) is 0 Å². The van der Waals surface area contributed by atoms with Crippen molar-refractivity contribution in [2.75, 3.05) is 6.54 Å². The minimum absolute atomic E-state index is 0.143. The van der Waals surface area contributed by atoms with E-state index < -0.39 is 6.04 Å². The van der Waals surface area contributed by atoms with Crippen molar-refractivity contribution in [3.63, 3.8) is 0 Å². The highest BCUT2D eigenvalue weighted by Crippen LogP contribution is 2.13. The van der Waals surface area contributed by atoms with Gasteiger partial charge in [0, 0.05) is 12.6 Å². The summed E-state index contributed by atoms with van der Waals surface area (Å²) in [5, 5.41) is 8.86. The van der Waals surface area contributed by atoms with E-state index >= 15 is 0 Å². The van der Waals surface area contributed by atoms with Crippen LogP contribution in [0.3, 0.4) is 0 Å². The third-order valence-corrected chi connectivity index (χ3v) is 6.51. The van der Waals surface area contributed by atoms with Crippen molar-refractivity contribution in [2.45, 2.75) is 48.1 Å². The summed E-state index contributed by atoms with van der Waals surface area (Å²) in [5.41, 5.74) is 2.13. The number of rotatable bonds is 6. The van der Waals surface area contributed by atoms with Crippen LogP contribution >= 0.6 is 22.6 Å². The van der Waals surface area contributed by atoms with Crippen molar-refractivity contribution in [3.05, 3.63) is 83.9 Å². The number of hydrogen-bond donors (Lipinski definition) is 3. The van der Waals surface area contributed by atoms with E-state index in [4.69, 9.17) is 0 Å². The summed E-state index contributed by atoms with van der Waals surface area (Å²) in [6.45, 7) is 0.539. The number of halogens is 1. The Hall–Kier alpha value is -2.68. The average Bonchev–Trinajstić information content (AvgIpc) is 2.82. The molecule has 0 saturated heterocycles. The normalized spacial score (nSPS) is 21.5. The molecular formula is C26H30IN3O3. The van der Waals surface area contributed by atoms with Crippen molar-refractivity contribution in [1.82, 2.24) is 16.0 Å².